The van der Waals surface area contributed by atoms with E-state index in [9.17, 15) is 9.59 Å². The second-order valence-corrected chi connectivity index (χ2v) is 4.47. The van der Waals surface area contributed by atoms with Crippen LogP contribution < -0.4 is 16.4 Å². The lowest BCUT2D eigenvalue weighted by atomic mass is 10.00. The van der Waals surface area contributed by atoms with Gasteiger partial charge in [-0.2, -0.15) is 0 Å². The van der Waals surface area contributed by atoms with Crippen LogP contribution in [0.2, 0.25) is 0 Å². The first-order chi connectivity index (χ1) is 7.31. The van der Waals surface area contributed by atoms with Gasteiger partial charge in [0.2, 0.25) is 11.8 Å². The van der Waals surface area contributed by atoms with Gasteiger partial charge in [-0.3, -0.25) is 9.59 Å². The fourth-order valence-corrected chi connectivity index (χ4v) is 0.928. The lowest BCUT2D eigenvalue weighted by Gasteiger charge is -2.21. The van der Waals surface area contributed by atoms with Crippen LogP contribution in [0, 0.1) is 5.92 Å². The molecule has 0 bridgehead atoms. The number of carbonyl (C=O) groups is 2. The minimum Gasteiger partial charge on any atom is -0.354 e. The number of hydrogen-bond donors (Lipinski definition) is 3. The number of rotatable bonds is 6. The fourth-order valence-electron chi connectivity index (χ4n) is 0.928. The number of hydrogen-bond acceptors (Lipinski definition) is 3. The summed E-state index contributed by atoms with van der Waals surface area (Å²) in [7, 11) is 0. The van der Waals surface area contributed by atoms with Crippen molar-refractivity contribution in [3.63, 3.8) is 0 Å². The molecule has 4 N–H and O–H groups in total. The molecule has 5 nitrogen and oxygen atoms in total. The quantitative estimate of drug-likeness (QED) is 0.561. The molecule has 0 aromatic heterocycles. The van der Waals surface area contributed by atoms with E-state index in [1.54, 1.807) is 6.92 Å². The van der Waals surface area contributed by atoms with Gasteiger partial charge in [0.25, 0.3) is 0 Å². The molecule has 0 radical (unpaired) electrons. The average molecular weight is 229 g/mol. The first-order valence-electron chi connectivity index (χ1n) is 5.66. The Bertz CT molecular complexity index is 250. The maximum absolute atomic E-state index is 11.5. The normalized spacial score (nSPS) is 14.4. The van der Waals surface area contributed by atoms with E-state index in [1.165, 1.54) is 0 Å². The molecule has 0 aromatic carbocycles. The van der Waals surface area contributed by atoms with Crippen LogP contribution in [0.5, 0.6) is 0 Å². The molecule has 0 aliphatic rings. The zero-order valence-corrected chi connectivity index (χ0v) is 10.6. The lowest BCUT2D eigenvalue weighted by molar-refractivity contribution is -0.126. The fraction of sp³-hybridized carbons (Fsp3) is 0.818. The second-order valence-electron chi connectivity index (χ2n) is 4.47. The van der Waals surface area contributed by atoms with Crippen LogP contribution in [0.25, 0.3) is 0 Å². The summed E-state index contributed by atoms with van der Waals surface area (Å²) in [6.07, 6.45) is 0.581. The molecule has 0 aliphatic heterocycles. The number of nitrogens with one attached hydrogen (secondary N) is 2. The van der Waals surface area contributed by atoms with Crippen molar-refractivity contribution < 1.29 is 9.59 Å². The van der Waals surface area contributed by atoms with Crippen LogP contribution in [0.3, 0.4) is 0 Å². The summed E-state index contributed by atoms with van der Waals surface area (Å²) in [5, 5.41) is 5.40. The average Bonchev–Trinajstić information content (AvgIpc) is 2.23. The molecule has 0 rings (SSSR count). The topological polar surface area (TPSA) is 84.2 Å². The molecular formula is C11H23N3O2. The van der Waals surface area contributed by atoms with E-state index >= 15 is 0 Å². The minimum absolute atomic E-state index is 0.0137. The molecule has 1 atom stereocenters. The zero-order chi connectivity index (χ0) is 12.8. The third kappa shape index (κ3) is 5.11. The van der Waals surface area contributed by atoms with Crippen molar-refractivity contribution in [3.8, 4) is 0 Å². The summed E-state index contributed by atoms with van der Waals surface area (Å²) < 4.78 is 0. The largest absolute Gasteiger partial charge is 0.354 e. The zero-order valence-electron chi connectivity index (χ0n) is 10.6. The van der Waals surface area contributed by atoms with E-state index in [4.69, 9.17) is 5.73 Å². The van der Waals surface area contributed by atoms with Crippen LogP contribution in [-0.2, 0) is 9.59 Å². The standard InChI is InChI=1S/C11H23N3O2/c1-5-11(4,12)10(16)14-7-6-13-9(15)8(2)3/h8H,5-7,12H2,1-4H3,(H,13,15)(H,14,16). The highest BCUT2D eigenvalue weighted by Crippen LogP contribution is 2.03. The molecule has 0 spiro atoms. The Morgan fingerprint density at radius 2 is 1.75 bits per heavy atom. The Labute approximate surface area is 97.2 Å². The van der Waals surface area contributed by atoms with Gasteiger partial charge in [0.05, 0.1) is 5.54 Å². The Morgan fingerprint density at radius 3 is 2.19 bits per heavy atom. The molecule has 5 heteroatoms. The summed E-state index contributed by atoms with van der Waals surface area (Å²) in [4.78, 5) is 22.7. The molecule has 0 fully saturated rings. The molecule has 0 heterocycles. The van der Waals surface area contributed by atoms with Gasteiger partial charge in [-0.25, -0.2) is 0 Å². The van der Waals surface area contributed by atoms with E-state index in [0.717, 1.165) is 0 Å². The first kappa shape index (κ1) is 14.9. The maximum Gasteiger partial charge on any atom is 0.239 e. The van der Waals surface area contributed by atoms with Gasteiger partial charge in [-0.05, 0) is 13.3 Å². The summed E-state index contributed by atoms with van der Waals surface area (Å²) in [5.41, 5.74) is 4.92. The van der Waals surface area contributed by atoms with Crippen LogP contribution >= 0.6 is 0 Å². The SMILES string of the molecule is CCC(C)(N)C(=O)NCCNC(=O)C(C)C. The Kier molecular flexibility index (Phi) is 6.03. The monoisotopic (exact) mass is 229 g/mol. The van der Waals surface area contributed by atoms with E-state index in [0.29, 0.717) is 19.5 Å². The van der Waals surface area contributed by atoms with E-state index in [2.05, 4.69) is 10.6 Å². The van der Waals surface area contributed by atoms with Crippen molar-refractivity contribution >= 4 is 11.8 Å². The number of nitrogens with two attached hydrogens (primary N) is 1. The highest BCUT2D eigenvalue weighted by atomic mass is 16.2. The van der Waals surface area contributed by atoms with Gasteiger partial charge < -0.3 is 16.4 Å². The van der Waals surface area contributed by atoms with Crippen molar-refractivity contribution in [2.75, 3.05) is 13.1 Å². The lowest BCUT2D eigenvalue weighted by Crippen LogP contribution is -2.52. The summed E-state index contributed by atoms with van der Waals surface area (Å²) in [6, 6.07) is 0. The molecule has 94 valence electrons. The second kappa shape index (κ2) is 6.48. The summed E-state index contributed by atoms with van der Waals surface area (Å²) in [5.74, 6) is -0.236. The predicted molar refractivity (Wildman–Crippen MR) is 63.7 cm³/mol. The van der Waals surface area contributed by atoms with E-state index < -0.39 is 5.54 Å². The van der Waals surface area contributed by atoms with Gasteiger partial charge in [0, 0.05) is 19.0 Å². The molecule has 0 saturated heterocycles. The highest BCUT2D eigenvalue weighted by molar-refractivity contribution is 5.85. The van der Waals surface area contributed by atoms with E-state index in [-0.39, 0.29) is 17.7 Å². The van der Waals surface area contributed by atoms with Crippen molar-refractivity contribution in [3.05, 3.63) is 0 Å². The smallest absolute Gasteiger partial charge is 0.239 e. The molecule has 1 unspecified atom stereocenters. The molecule has 0 saturated carbocycles. The first-order valence-corrected chi connectivity index (χ1v) is 5.66. The molecule has 0 aliphatic carbocycles. The van der Waals surface area contributed by atoms with E-state index in [1.807, 2.05) is 20.8 Å². The van der Waals surface area contributed by atoms with Gasteiger partial charge in [0.1, 0.15) is 0 Å². The predicted octanol–water partition coefficient (Wildman–Crippen LogP) is 0.00220. The molecule has 0 aromatic rings. The molecule has 16 heavy (non-hydrogen) atoms. The Hall–Kier alpha value is -1.10. The van der Waals surface area contributed by atoms with Crippen molar-refractivity contribution in [1.82, 2.24) is 10.6 Å². The highest BCUT2D eigenvalue weighted by Gasteiger charge is 2.25. The van der Waals surface area contributed by atoms with Crippen LogP contribution in [-0.4, -0.2) is 30.4 Å². The Balaban J connectivity index is 3.76. The van der Waals surface area contributed by atoms with Gasteiger partial charge in [-0.1, -0.05) is 20.8 Å². The van der Waals surface area contributed by atoms with Gasteiger partial charge >= 0.3 is 0 Å². The van der Waals surface area contributed by atoms with Crippen LogP contribution in [0.1, 0.15) is 34.1 Å². The van der Waals surface area contributed by atoms with Crippen LogP contribution in [0.4, 0.5) is 0 Å². The molecule has 2 amide bonds. The van der Waals surface area contributed by atoms with Gasteiger partial charge in [-0.15, -0.1) is 0 Å². The van der Waals surface area contributed by atoms with Crippen molar-refractivity contribution in [2.24, 2.45) is 11.7 Å². The third-order valence-corrected chi connectivity index (χ3v) is 2.49. The van der Waals surface area contributed by atoms with Crippen LogP contribution in [0.15, 0.2) is 0 Å². The summed E-state index contributed by atoms with van der Waals surface area (Å²) >= 11 is 0. The minimum atomic E-state index is -0.831. The Morgan fingerprint density at radius 1 is 1.25 bits per heavy atom. The summed E-state index contributed by atoms with van der Waals surface area (Å²) in [6.45, 7) is 8.03. The number of amides is 2. The molecular weight excluding hydrogens is 206 g/mol. The third-order valence-electron chi connectivity index (χ3n) is 2.49. The van der Waals surface area contributed by atoms with Crippen molar-refractivity contribution in [2.45, 2.75) is 39.7 Å². The van der Waals surface area contributed by atoms with Crippen molar-refractivity contribution in [1.29, 1.82) is 0 Å². The van der Waals surface area contributed by atoms with Gasteiger partial charge in [0.15, 0.2) is 0 Å². The maximum atomic E-state index is 11.5. The number of carbonyl (C=O) groups excluding carboxylic acids is 2.